The van der Waals surface area contributed by atoms with Crippen molar-refractivity contribution in [3.63, 3.8) is 0 Å². The summed E-state index contributed by atoms with van der Waals surface area (Å²) in [6.07, 6.45) is 1.77. The maximum absolute atomic E-state index is 12.3. The van der Waals surface area contributed by atoms with Crippen LogP contribution in [-0.2, 0) is 14.3 Å². The quantitative estimate of drug-likeness (QED) is 0.519. The predicted molar refractivity (Wildman–Crippen MR) is 107 cm³/mol. The van der Waals surface area contributed by atoms with Gasteiger partial charge in [0, 0.05) is 6.08 Å². The molecule has 5 nitrogen and oxygen atoms in total. The van der Waals surface area contributed by atoms with Crippen molar-refractivity contribution in [2.45, 2.75) is 20.0 Å². The van der Waals surface area contributed by atoms with Crippen molar-refractivity contribution in [3.05, 3.63) is 64.1 Å². The van der Waals surface area contributed by atoms with Gasteiger partial charge in [0.1, 0.15) is 5.75 Å². The van der Waals surface area contributed by atoms with Crippen LogP contribution in [-0.4, -0.2) is 24.6 Å². The minimum Gasteiger partial charge on any atom is -0.492 e. The van der Waals surface area contributed by atoms with Crippen LogP contribution in [0.4, 0.5) is 5.69 Å². The minimum atomic E-state index is -0.981. The molecular formula is C20H19Cl2NO4. The van der Waals surface area contributed by atoms with Crippen LogP contribution in [0.25, 0.3) is 6.08 Å². The van der Waals surface area contributed by atoms with E-state index < -0.39 is 18.0 Å². The molecule has 0 fully saturated rings. The summed E-state index contributed by atoms with van der Waals surface area (Å²) in [5.41, 5.74) is 1.20. The van der Waals surface area contributed by atoms with Gasteiger partial charge in [0.15, 0.2) is 6.10 Å². The van der Waals surface area contributed by atoms with Gasteiger partial charge in [-0.05, 0) is 49.8 Å². The first kappa shape index (κ1) is 20.8. The van der Waals surface area contributed by atoms with Crippen molar-refractivity contribution in [2.24, 2.45) is 0 Å². The van der Waals surface area contributed by atoms with Crippen molar-refractivity contribution >= 4 is 46.8 Å². The highest BCUT2D eigenvalue weighted by Crippen LogP contribution is 2.24. The highest BCUT2D eigenvalue weighted by molar-refractivity contribution is 6.42. The molecule has 2 rings (SSSR count). The molecule has 27 heavy (non-hydrogen) atoms. The van der Waals surface area contributed by atoms with Crippen LogP contribution in [0.5, 0.6) is 5.75 Å². The number of esters is 1. The summed E-state index contributed by atoms with van der Waals surface area (Å²) in [4.78, 5) is 24.2. The van der Waals surface area contributed by atoms with Gasteiger partial charge in [0.25, 0.3) is 5.91 Å². The number of benzene rings is 2. The van der Waals surface area contributed by atoms with Crippen LogP contribution in [0.1, 0.15) is 19.4 Å². The molecular weight excluding hydrogens is 389 g/mol. The largest absolute Gasteiger partial charge is 0.492 e. The smallest absolute Gasteiger partial charge is 0.331 e. The number of carbonyl (C=O) groups excluding carboxylic acids is 2. The molecule has 0 bridgehead atoms. The first-order valence-corrected chi connectivity index (χ1v) is 9.02. The standard InChI is InChI=1S/C20H19Cl2NO4/c1-3-26-18-7-5-4-6-17(18)23-20(25)13(2)27-19(24)11-9-14-8-10-15(21)16(22)12-14/h4-13H,3H2,1-2H3,(H,23,25)/b11-9+/t13-/m1/s1. The highest BCUT2D eigenvalue weighted by Gasteiger charge is 2.18. The molecule has 0 aliphatic heterocycles. The van der Waals surface area contributed by atoms with E-state index in [1.165, 1.54) is 19.1 Å². The zero-order valence-electron chi connectivity index (χ0n) is 14.9. The maximum Gasteiger partial charge on any atom is 0.331 e. The first-order chi connectivity index (χ1) is 12.9. The lowest BCUT2D eigenvalue weighted by Crippen LogP contribution is -2.29. The monoisotopic (exact) mass is 407 g/mol. The number of nitrogens with one attached hydrogen (secondary N) is 1. The van der Waals surface area contributed by atoms with Gasteiger partial charge in [-0.1, -0.05) is 41.4 Å². The summed E-state index contributed by atoms with van der Waals surface area (Å²) in [5.74, 6) is -0.563. The number of anilines is 1. The molecule has 0 radical (unpaired) electrons. The Kier molecular flexibility index (Phi) is 7.70. The summed E-state index contributed by atoms with van der Waals surface area (Å²) in [7, 11) is 0. The third-order valence-electron chi connectivity index (χ3n) is 3.46. The van der Waals surface area contributed by atoms with Crippen molar-refractivity contribution in [2.75, 3.05) is 11.9 Å². The zero-order valence-corrected chi connectivity index (χ0v) is 16.4. The van der Waals surface area contributed by atoms with E-state index in [2.05, 4.69) is 5.32 Å². The maximum atomic E-state index is 12.3. The Morgan fingerprint density at radius 1 is 1.15 bits per heavy atom. The van der Waals surface area contributed by atoms with Gasteiger partial charge in [-0.15, -0.1) is 0 Å². The topological polar surface area (TPSA) is 64.6 Å². The summed E-state index contributed by atoms with van der Waals surface area (Å²) in [6.45, 7) is 3.81. The SMILES string of the molecule is CCOc1ccccc1NC(=O)[C@@H](C)OC(=O)/C=C/c1ccc(Cl)c(Cl)c1. The number of hydrogen-bond donors (Lipinski definition) is 1. The zero-order chi connectivity index (χ0) is 19.8. The molecule has 1 N–H and O–H groups in total. The van der Waals surface area contributed by atoms with E-state index in [4.69, 9.17) is 32.7 Å². The average Bonchev–Trinajstić information content (AvgIpc) is 2.64. The van der Waals surface area contributed by atoms with Crippen LogP contribution in [0.2, 0.25) is 10.0 Å². The molecule has 2 aromatic rings. The molecule has 2 aromatic carbocycles. The molecule has 1 atom stereocenters. The lowest BCUT2D eigenvalue weighted by atomic mass is 10.2. The number of hydrogen-bond acceptors (Lipinski definition) is 4. The second kappa shape index (κ2) is 10.00. The molecule has 142 valence electrons. The van der Waals surface area contributed by atoms with Crippen molar-refractivity contribution in [1.29, 1.82) is 0 Å². The van der Waals surface area contributed by atoms with Gasteiger partial charge in [-0.3, -0.25) is 4.79 Å². The van der Waals surface area contributed by atoms with Crippen molar-refractivity contribution in [3.8, 4) is 5.75 Å². The van der Waals surface area contributed by atoms with Gasteiger partial charge in [-0.2, -0.15) is 0 Å². The van der Waals surface area contributed by atoms with E-state index >= 15 is 0 Å². The molecule has 0 heterocycles. The van der Waals surface area contributed by atoms with E-state index in [9.17, 15) is 9.59 Å². The van der Waals surface area contributed by atoms with Crippen LogP contribution >= 0.6 is 23.2 Å². The Labute approximate surface area is 167 Å². The molecule has 0 spiro atoms. The lowest BCUT2D eigenvalue weighted by molar-refractivity contribution is -0.148. The van der Waals surface area contributed by atoms with Gasteiger partial charge >= 0.3 is 5.97 Å². The predicted octanol–water partition coefficient (Wildman–Crippen LogP) is 4.98. The molecule has 0 aliphatic carbocycles. The third kappa shape index (κ3) is 6.31. The number of rotatable bonds is 7. The number of ether oxygens (including phenoxy) is 2. The molecule has 0 saturated heterocycles. The van der Waals surface area contributed by atoms with Crippen LogP contribution < -0.4 is 10.1 Å². The number of halogens is 2. The van der Waals surface area contributed by atoms with E-state index in [0.717, 1.165) is 0 Å². The molecule has 0 aromatic heterocycles. The Morgan fingerprint density at radius 2 is 1.89 bits per heavy atom. The van der Waals surface area contributed by atoms with Gasteiger partial charge in [-0.25, -0.2) is 4.79 Å². The molecule has 0 aliphatic rings. The van der Waals surface area contributed by atoms with Gasteiger partial charge in [0.05, 0.1) is 22.3 Å². The van der Waals surface area contributed by atoms with Crippen molar-refractivity contribution < 1.29 is 19.1 Å². The summed E-state index contributed by atoms with van der Waals surface area (Å²) in [5, 5.41) is 3.50. The Morgan fingerprint density at radius 3 is 2.59 bits per heavy atom. The van der Waals surface area contributed by atoms with E-state index in [-0.39, 0.29) is 0 Å². The molecule has 1 amide bonds. The fraction of sp³-hybridized carbons (Fsp3) is 0.200. The normalized spacial score (nSPS) is 11.9. The van der Waals surface area contributed by atoms with E-state index in [1.54, 1.807) is 42.5 Å². The summed E-state index contributed by atoms with van der Waals surface area (Å²) < 4.78 is 10.6. The van der Waals surface area contributed by atoms with Crippen LogP contribution in [0.3, 0.4) is 0 Å². The number of carbonyl (C=O) groups is 2. The lowest BCUT2D eigenvalue weighted by Gasteiger charge is -2.15. The first-order valence-electron chi connectivity index (χ1n) is 8.27. The van der Waals surface area contributed by atoms with Crippen LogP contribution in [0, 0.1) is 0 Å². The average molecular weight is 408 g/mol. The van der Waals surface area contributed by atoms with Gasteiger partial charge in [0.2, 0.25) is 0 Å². The molecule has 0 saturated carbocycles. The summed E-state index contributed by atoms with van der Waals surface area (Å²) >= 11 is 11.8. The van der Waals surface area contributed by atoms with Gasteiger partial charge < -0.3 is 14.8 Å². The second-order valence-corrected chi connectivity index (χ2v) is 6.32. The molecule has 7 heteroatoms. The number of para-hydroxylation sites is 2. The van der Waals surface area contributed by atoms with E-state index in [0.29, 0.717) is 33.7 Å². The van der Waals surface area contributed by atoms with Crippen LogP contribution in [0.15, 0.2) is 48.5 Å². The Bertz CT molecular complexity index is 852. The fourth-order valence-corrected chi connectivity index (χ4v) is 2.44. The minimum absolute atomic E-state index is 0.382. The van der Waals surface area contributed by atoms with E-state index in [1.807, 2.05) is 6.92 Å². The molecule has 0 unspecified atom stereocenters. The highest BCUT2D eigenvalue weighted by atomic mass is 35.5. The Hall–Kier alpha value is -2.50. The number of amides is 1. The Balaban J connectivity index is 1.94. The summed E-state index contributed by atoms with van der Waals surface area (Å²) in [6, 6.07) is 12.0. The third-order valence-corrected chi connectivity index (χ3v) is 4.20. The van der Waals surface area contributed by atoms with Crippen molar-refractivity contribution in [1.82, 2.24) is 0 Å². The fourth-order valence-electron chi connectivity index (χ4n) is 2.13. The second-order valence-electron chi connectivity index (χ2n) is 5.50.